The van der Waals surface area contributed by atoms with Gasteiger partial charge in [0.15, 0.2) is 5.69 Å². The van der Waals surface area contributed by atoms with Gasteiger partial charge in [-0.05, 0) is 32.5 Å². The third kappa shape index (κ3) is 3.46. The van der Waals surface area contributed by atoms with Crippen molar-refractivity contribution in [3.05, 3.63) is 27.9 Å². The maximum absolute atomic E-state index is 11.5. The van der Waals surface area contributed by atoms with Crippen molar-refractivity contribution in [3.8, 4) is 0 Å². The van der Waals surface area contributed by atoms with Crippen LogP contribution in [0.5, 0.6) is 0 Å². The second kappa shape index (κ2) is 6.49. The summed E-state index contributed by atoms with van der Waals surface area (Å²) in [5.41, 5.74) is -0.103. The van der Waals surface area contributed by atoms with Crippen LogP contribution in [0.2, 0.25) is 0 Å². The van der Waals surface area contributed by atoms with Gasteiger partial charge in [0.1, 0.15) is 0 Å². The number of nitrogens with one attached hydrogen (secondary N) is 1. The number of likely N-dealkylation sites (N-methyl/N-ethyl adjacent to an activating group) is 1. The minimum Gasteiger partial charge on any atom is -0.464 e. The molecule has 2 heterocycles. The predicted octanol–water partition coefficient (Wildman–Crippen LogP) is 1.28. The first-order valence-electron chi connectivity index (χ1n) is 6.70. The number of pyridine rings is 1. The molecule has 114 valence electrons. The number of hydrogen-bond acceptors (Lipinski definition) is 7. The van der Waals surface area contributed by atoms with Crippen LogP contribution in [-0.2, 0) is 4.74 Å². The number of nitrogens with zero attached hydrogens (tertiary/aromatic N) is 3. The molecule has 0 amide bonds. The van der Waals surface area contributed by atoms with Crippen molar-refractivity contribution >= 4 is 17.5 Å². The highest BCUT2D eigenvalue weighted by atomic mass is 16.6. The standard InChI is InChI=1S/C13H18N4O4/c1-16-7-3-4-9(16)8-14-12-11(17(19)20)6-5-10(15-12)13(18)21-2/h5-6,9H,3-4,7-8H2,1-2H3,(H,14,15). The maximum Gasteiger partial charge on any atom is 0.356 e. The normalized spacial score (nSPS) is 18.5. The molecule has 1 aromatic rings. The van der Waals surface area contributed by atoms with E-state index in [0.717, 1.165) is 19.4 Å². The second-order valence-electron chi connectivity index (χ2n) is 4.97. The molecule has 1 unspecified atom stereocenters. The van der Waals surface area contributed by atoms with Crippen LogP contribution in [0, 0.1) is 10.1 Å². The molecule has 0 aromatic carbocycles. The summed E-state index contributed by atoms with van der Waals surface area (Å²) in [6.07, 6.45) is 2.15. The molecule has 0 bridgehead atoms. The van der Waals surface area contributed by atoms with Crippen LogP contribution in [0.3, 0.4) is 0 Å². The van der Waals surface area contributed by atoms with Gasteiger partial charge in [0.25, 0.3) is 0 Å². The molecule has 0 radical (unpaired) electrons. The topological polar surface area (TPSA) is 97.6 Å². The highest BCUT2D eigenvalue weighted by Gasteiger charge is 2.23. The molecule has 1 fully saturated rings. The molecular formula is C13H18N4O4. The minimum absolute atomic E-state index is 0.0466. The van der Waals surface area contributed by atoms with Gasteiger partial charge in [0.2, 0.25) is 5.82 Å². The average molecular weight is 294 g/mol. The zero-order chi connectivity index (χ0) is 15.4. The number of esters is 1. The number of anilines is 1. The molecule has 0 saturated carbocycles. The molecule has 0 aliphatic carbocycles. The van der Waals surface area contributed by atoms with Crippen molar-refractivity contribution in [1.82, 2.24) is 9.88 Å². The number of likely N-dealkylation sites (tertiary alicyclic amines) is 1. The van der Waals surface area contributed by atoms with E-state index in [0.29, 0.717) is 12.6 Å². The van der Waals surface area contributed by atoms with Gasteiger partial charge in [-0.25, -0.2) is 9.78 Å². The van der Waals surface area contributed by atoms with Gasteiger partial charge in [0, 0.05) is 18.7 Å². The highest BCUT2D eigenvalue weighted by molar-refractivity contribution is 5.88. The van der Waals surface area contributed by atoms with Crippen molar-refractivity contribution in [2.24, 2.45) is 0 Å². The van der Waals surface area contributed by atoms with Gasteiger partial charge < -0.3 is 15.0 Å². The summed E-state index contributed by atoms with van der Waals surface area (Å²) in [5, 5.41) is 14.0. The van der Waals surface area contributed by atoms with E-state index < -0.39 is 10.9 Å². The van der Waals surface area contributed by atoms with E-state index in [1.807, 2.05) is 7.05 Å². The molecule has 8 heteroatoms. The van der Waals surface area contributed by atoms with Gasteiger partial charge >= 0.3 is 11.7 Å². The third-order valence-corrected chi connectivity index (χ3v) is 3.64. The van der Waals surface area contributed by atoms with Crippen LogP contribution in [0.4, 0.5) is 11.5 Å². The summed E-state index contributed by atoms with van der Waals surface area (Å²) >= 11 is 0. The lowest BCUT2D eigenvalue weighted by molar-refractivity contribution is -0.384. The summed E-state index contributed by atoms with van der Waals surface area (Å²) in [7, 11) is 3.26. The molecule has 1 saturated heterocycles. The second-order valence-corrected chi connectivity index (χ2v) is 4.97. The van der Waals surface area contributed by atoms with Crippen molar-refractivity contribution in [1.29, 1.82) is 0 Å². The number of hydrogen-bond donors (Lipinski definition) is 1. The molecule has 1 aliphatic heterocycles. The number of methoxy groups -OCH3 is 1. The Labute approximate surface area is 122 Å². The van der Waals surface area contributed by atoms with Crippen LogP contribution in [0.25, 0.3) is 0 Å². The van der Waals surface area contributed by atoms with Gasteiger partial charge in [0.05, 0.1) is 12.0 Å². The number of nitro groups is 1. The average Bonchev–Trinajstić information content (AvgIpc) is 2.89. The molecule has 1 atom stereocenters. The fourth-order valence-electron chi connectivity index (χ4n) is 2.40. The Hall–Kier alpha value is -2.22. The van der Waals surface area contributed by atoms with Crippen LogP contribution in [0.15, 0.2) is 12.1 Å². The highest BCUT2D eigenvalue weighted by Crippen LogP contribution is 2.23. The molecule has 21 heavy (non-hydrogen) atoms. The predicted molar refractivity (Wildman–Crippen MR) is 76.4 cm³/mol. The third-order valence-electron chi connectivity index (χ3n) is 3.64. The number of carbonyl (C=O) groups excluding carboxylic acids is 1. The Morgan fingerprint density at radius 1 is 1.62 bits per heavy atom. The zero-order valence-corrected chi connectivity index (χ0v) is 12.0. The van der Waals surface area contributed by atoms with Crippen molar-refractivity contribution in [2.45, 2.75) is 18.9 Å². The number of aromatic nitrogens is 1. The largest absolute Gasteiger partial charge is 0.464 e. The molecule has 8 nitrogen and oxygen atoms in total. The SMILES string of the molecule is COC(=O)c1ccc([N+](=O)[O-])c(NCC2CCCN2C)n1. The Balaban J connectivity index is 2.18. The lowest BCUT2D eigenvalue weighted by atomic mass is 10.2. The fraction of sp³-hybridized carbons (Fsp3) is 0.538. The first kappa shape index (κ1) is 15.2. The Bertz CT molecular complexity index is 549. The first-order chi connectivity index (χ1) is 10.0. The number of carbonyl (C=O) groups is 1. The van der Waals surface area contributed by atoms with Crippen LogP contribution >= 0.6 is 0 Å². The lowest BCUT2D eigenvalue weighted by Crippen LogP contribution is -2.32. The summed E-state index contributed by atoms with van der Waals surface area (Å²) in [5.74, 6) is -0.519. The van der Waals surface area contributed by atoms with Crippen molar-refractivity contribution in [3.63, 3.8) is 0 Å². The van der Waals surface area contributed by atoms with E-state index in [1.165, 1.54) is 19.2 Å². The van der Waals surface area contributed by atoms with E-state index in [-0.39, 0.29) is 17.2 Å². The first-order valence-corrected chi connectivity index (χ1v) is 6.70. The van der Waals surface area contributed by atoms with Crippen molar-refractivity contribution in [2.75, 3.05) is 32.6 Å². The quantitative estimate of drug-likeness (QED) is 0.496. The smallest absolute Gasteiger partial charge is 0.356 e. The summed E-state index contributed by atoms with van der Waals surface area (Å²) in [6, 6.07) is 2.87. The van der Waals surface area contributed by atoms with Crippen LogP contribution in [0.1, 0.15) is 23.3 Å². The Morgan fingerprint density at radius 3 is 2.95 bits per heavy atom. The van der Waals surface area contributed by atoms with E-state index >= 15 is 0 Å². The molecule has 0 spiro atoms. The van der Waals surface area contributed by atoms with Crippen LogP contribution in [-0.4, -0.2) is 54.1 Å². The van der Waals surface area contributed by atoms with Crippen molar-refractivity contribution < 1.29 is 14.5 Å². The summed E-state index contributed by atoms with van der Waals surface area (Å²) in [4.78, 5) is 28.2. The van der Waals surface area contributed by atoms with Gasteiger partial charge in [-0.3, -0.25) is 10.1 Å². The maximum atomic E-state index is 11.5. The molecular weight excluding hydrogens is 276 g/mol. The van der Waals surface area contributed by atoms with Gasteiger partial charge in [-0.1, -0.05) is 0 Å². The number of rotatable bonds is 5. The molecule has 1 aliphatic rings. The Kier molecular flexibility index (Phi) is 4.69. The molecule has 2 rings (SSSR count). The van der Waals surface area contributed by atoms with Crippen LogP contribution < -0.4 is 5.32 Å². The lowest BCUT2D eigenvalue weighted by Gasteiger charge is -2.19. The minimum atomic E-state index is -0.620. The number of ether oxygens (including phenoxy) is 1. The van der Waals surface area contributed by atoms with E-state index in [9.17, 15) is 14.9 Å². The van der Waals surface area contributed by atoms with E-state index in [1.54, 1.807) is 0 Å². The fourth-order valence-corrected chi connectivity index (χ4v) is 2.40. The monoisotopic (exact) mass is 294 g/mol. The van der Waals surface area contributed by atoms with E-state index in [2.05, 4.69) is 19.9 Å². The molecule has 1 aromatic heterocycles. The summed E-state index contributed by atoms with van der Waals surface area (Å²) in [6.45, 7) is 1.57. The Morgan fingerprint density at radius 2 is 2.38 bits per heavy atom. The molecule has 1 N–H and O–H groups in total. The zero-order valence-electron chi connectivity index (χ0n) is 12.0. The summed E-state index contributed by atoms with van der Waals surface area (Å²) < 4.78 is 4.58. The van der Waals surface area contributed by atoms with Gasteiger partial charge in [-0.15, -0.1) is 0 Å². The van der Waals surface area contributed by atoms with Gasteiger partial charge in [-0.2, -0.15) is 0 Å². The van der Waals surface area contributed by atoms with E-state index in [4.69, 9.17) is 0 Å².